The molecular weight excluding hydrogens is 372 g/mol. The van der Waals surface area contributed by atoms with Crippen molar-refractivity contribution >= 4 is 17.7 Å². The number of nitrogens with zero attached hydrogens (tertiary/aromatic N) is 3. The van der Waals surface area contributed by atoms with Gasteiger partial charge in [0.2, 0.25) is 5.91 Å². The lowest BCUT2D eigenvalue weighted by Gasteiger charge is -2.10. The molecule has 0 radical (unpaired) electrons. The van der Waals surface area contributed by atoms with Crippen LogP contribution in [-0.2, 0) is 16.0 Å². The van der Waals surface area contributed by atoms with Crippen molar-refractivity contribution in [1.29, 1.82) is 0 Å². The van der Waals surface area contributed by atoms with E-state index in [9.17, 15) is 4.79 Å². The largest absolute Gasteiger partial charge is 0.385 e. The summed E-state index contributed by atoms with van der Waals surface area (Å²) in [7, 11) is 1.65. The van der Waals surface area contributed by atoms with Crippen LogP contribution in [0, 0.1) is 0 Å². The van der Waals surface area contributed by atoms with Crippen molar-refractivity contribution in [2.45, 2.75) is 18.0 Å². The lowest BCUT2D eigenvalue weighted by atomic mass is 10.1. The summed E-state index contributed by atoms with van der Waals surface area (Å²) >= 11 is 1.39. The first-order valence-electron chi connectivity index (χ1n) is 9.20. The van der Waals surface area contributed by atoms with Gasteiger partial charge in [0, 0.05) is 32.4 Å². The van der Waals surface area contributed by atoms with Crippen molar-refractivity contribution in [3.63, 3.8) is 0 Å². The number of aromatic nitrogens is 3. The predicted molar refractivity (Wildman–Crippen MR) is 111 cm³/mol. The van der Waals surface area contributed by atoms with Crippen LogP contribution in [-0.4, -0.2) is 46.7 Å². The normalized spacial score (nSPS) is 10.8. The van der Waals surface area contributed by atoms with Gasteiger partial charge in [0.05, 0.1) is 5.75 Å². The molecular formula is C21H24N4O2S. The van der Waals surface area contributed by atoms with E-state index in [0.29, 0.717) is 30.5 Å². The van der Waals surface area contributed by atoms with Crippen LogP contribution in [0.2, 0.25) is 0 Å². The molecule has 3 rings (SSSR count). The Morgan fingerprint density at radius 3 is 2.50 bits per heavy atom. The Labute approximate surface area is 169 Å². The van der Waals surface area contributed by atoms with Crippen molar-refractivity contribution in [1.82, 2.24) is 20.1 Å². The van der Waals surface area contributed by atoms with E-state index < -0.39 is 0 Å². The SMILES string of the molecule is COCCCNC(=O)CSc1nnc(Cc2ccccc2)n1-c1ccccc1. The molecule has 0 bridgehead atoms. The maximum atomic E-state index is 12.1. The van der Waals surface area contributed by atoms with Crippen LogP contribution in [0.4, 0.5) is 0 Å². The third-order valence-electron chi connectivity index (χ3n) is 4.10. The van der Waals surface area contributed by atoms with Gasteiger partial charge in [-0.25, -0.2) is 0 Å². The van der Waals surface area contributed by atoms with E-state index >= 15 is 0 Å². The molecule has 1 heterocycles. The molecule has 2 aromatic carbocycles. The van der Waals surface area contributed by atoms with Crippen molar-refractivity contribution < 1.29 is 9.53 Å². The maximum absolute atomic E-state index is 12.1. The van der Waals surface area contributed by atoms with Crippen LogP contribution in [0.1, 0.15) is 17.8 Å². The topological polar surface area (TPSA) is 69.0 Å². The molecule has 1 N–H and O–H groups in total. The van der Waals surface area contributed by atoms with E-state index in [1.54, 1.807) is 7.11 Å². The fourth-order valence-corrected chi connectivity index (χ4v) is 3.55. The third kappa shape index (κ3) is 5.68. The Kier molecular flexibility index (Phi) is 7.63. The highest BCUT2D eigenvalue weighted by molar-refractivity contribution is 7.99. The van der Waals surface area contributed by atoms with Crippen molar-refractivity contribution in [2.75, 3.05) is 26.0 Å². The minimum atomic E-state index is -0.0201. The van der Waals surface area contributed by atoms with Gasteiger partial charge in [0.15, 0.2) is 5.16 Å². The van der Waals surface area contributed by atoms with Crippen LogP contribution in [0.15, 0.2) is 65.8 Å². The Bertz CT molecular complexity index is 869. The second-order valence-electron chi connectivity index (χ2n) is 6.22. The number of carbonyl (C=O) groups excluding carboxylic acids is 1. The summed E-state index contributed by atoms with van der Waals surface area (Å²) in [6, 6.07) is 20.2. The van der Waals surface area contributed by atoms with Gasteiger partial charge in [-0.05, 0) is 24.1 Å². The summed E-state index contributed by atoms with van der Waals surface area (Å²) in [5, 5.41) is 12.4. The zero-order chi connectivity index (χ0) is 19.6. The lowest BCUT2D eigenvalue weighted by Crippen LogP contribution is -2.27. The predicted octanol–water partition coefficient (Wildman–Crippen LogP) is 3.10. The van der Waals surface area contributed by atoms with Crippen LogP contribution in [0.25, 0.3) is 5.69 Å². The molecule has 0 spiro atoms. The first kappa shape index (κ1) is 20.1. The molecule has 1 aromatic heterocycles. The third-order valence-corrected chi connectivity index (χ3v) is 5.03. The van der Waals surface area contributed by atoms with Crippen LogP contribution in [0.5, 0.6) is 0 Å². The molecule has 3 aromatic rings. The highest BCUT2D eigenvalue weighted by Gasteiger charge is 2.16. The number of nitrogens with one attached hydrogen (secondary N) is 1. The van der Waals surface area contributed by atoms with E-state index in [1.807, 2.05) is 53.1 Å². The fraction of sp³-hybridized carbons (Fsp3) is 0.286. The Morgan fingerprint density at radius 2 is 1.79 bits per heavy atom. The van der Waals surface area contributed by atoms with Crippen molar-refractivity contribution in [3.8, 4) is 5.69 Å². The number of para-hydroxylation sites is 1. The second-order valence-corrected chi connectivity index (χ2v) is 7.16. The quantitative estimate of drug-likeness (QED) is 0.421. The average molecular weight is 397 g/mol. The Hall–Kier alpha value is -2.64. The number of carbonyl (C=O) groups is 1. The van der Waals surface area contributed by atoms with Gasteiger partial charge in [-0.1, -0.05) is 60.3 Å². The summed E-state index contributed by atoms with van der Waals surface area (Å²) in [6.45, 7) is 1.25. The van der Waals surface area contributed by atoms with Crippen LogP contribution in [0.3, 0.4) is 0 Å². The molecule has 0 unspecified atom stereocenters. The van der Waals surface area contributed by atoms with Gasteiger partial charge >= 0.3 is 0 Å². The highest BCUT2D eigenvalue weighted by atomic mass is 32.2. The number of amides is 1. The van der Waals surface area contributed by atoms with E-state index in [0.717, 1.165) is 17.9 Å². The molecule has 0 fully saturated rings. The molecule has 1 amide bonds. The number of rotatable bonds is 10. The van der Waals surface area contributed by atoms with Gasteiger partial charge in [-0.3, -0.25) is 9.36 Å². The first-order valence-corrected chi connectivity index (χ1v) is 10.2. The van der Waals surface area contributed by atoms with Gasteiger partial charge in [-0.2, -0.15) is 0 Å². The van der Waals surface area contributed by atoms with Gasteiger partial charge in [-0.15, -0.1) is 10.2 Å². The maximum Gasteiger partial charge on any atom is 0.230 e. The smallest absolute Gasteiger partial charge is 0.230 e. The van der Waals surface area contributed by atoms with E-state index in [-0.39, 0.29) is 5.91 Å². The average Bonchev–Trinajstić information content (AvgIpc) is 3.13. The zero-order valence-electron chi connectivity index (χ0n) is 15.9. The molecule has 28 heavy (non-hydrogen) atoms. The molecule has 0 atom stereocenters. The molecule has 0 aliphatic heterocycles. The number of methoxy groups -OCH3 is 1. The fourth-order valence-electron chi connectivity index (χ4n) is 2.75. The molecule has 0 saturated heterocycles. The van der Waals surface area contributed by atoms with Crippen molar-refractivity contribution in [3.05, 3.63) is 72.1 Å². The Morgan fingerprint density at radius 1 is 1.07 bits per heavy atom. The standard InChI is InChI=1S/C21H24N4O2S/c1-27-14-8-13-22-20(26)16-28-21-24-23-19(15-17-9-4-2-5-10-17)25(21)18-11-6-3-7-12-18/h2-7,9-12H,8,13-16H2,1H3,(H,22,26). The van der Waals surface area contributed by atoms with E-state index in [1.165, 1.54) is 17.3 Å². The molecule has 0 aliphatic rings. The molecule has 0 aliphatic carbocycles. The Balaban J connectivity index is 1.73. The summed E-state index contributed by atoms with van der Waals surface area (Å²) in [5.74, 6) is 1.12. The van der Waals surface area contributed by atoms with Gasteiger partial charge in [0.25, 0.3) is 0 Å². The first-order chi connectivity index (χ1) is 13.8. The second kappa shape index (κ2) is 10.6. The summed E-state index contributed by atoms with van der Waals surface area (Å²) in [5.41, 5.74) is 2.15. The molecule has 0 saturated carbocycles. The number of benzene rings is 2. The van der Waals surface area contributed by atoms with Crippen LogP contribution < -0.4 is 5.32 Å². The summed E-state index contributed by atoms with van der Waals surface area (Å²) in [6.07, 6.45) is 1.47. The minimum Gasteiger partial charge on any atom is -0.385 e. The number of hydrogen-bond donors (Lipinski definition) is 1. The molecule has 7 heteroatoms. The lowest BCUT2D eigenvalue weighted by molar-refractivity contribution is -0.118. The number of hydrogen-bond acceptors (Lipinski definition) is 5. The summed E-state index contributed by atoms with van der Waals surface area (Å²) < 4.78 is 7.01. The van der Waals surface area contributed by atoms with Crippen molar-refractivity contribution in [2.24, 2.45) is 0 Å². The van der Waals surface area contributed by atoms with Gasteiger partial charge < -0.3 is 10.1 Å². The number of thioether (sulfide) groups is 1. The molecule has 6 nitrogen and oxygen atoms in total. The van der Waals surface area contributed by atoms with Crippen LogP contribution >= 0.6 is 11.8 Å². The van der Waals surface area contributed by atoms with E-state index in [4.69, 9.17) is 4.74 Å². The van der Waals surface area contributed by atoms with Gasteiger partial charge in [0.1, 0.15) is 5.82 Å². The highest BCUT2D eigenvalue weighted by Crippen LogP contribution is 2.23. The molecule has 146 valence electrons. The summed E-state index contributed by atoms with van der Waals surface area (Å²) in [4.78, 5) is 12.1. The number of ether oxygens (including phenoxy) is 1. The monoisotopic (exact) mass is 396 g/mol. The van der Waals surface area contributed by atoms with E-state index in [2.05, 4.69) is 27.6 Å². The zero-order valence-corrected chi connectivity index (χ0v) is 16.7. The minimum absolute atomic E-state index is 0.0201.